The number of carbonyl (C=O) groups is 2. The molecule has 5 N–H and O–H groups in total. The molecule has 1 aliphatic heterocycles. The molecule has 1 saturated heterocycles. The number of sulfonamides is 1. The first-order valence-corrected chi connectivity index (χ1v) is 15.8. The molecule has 0 radical (unpaired) electrons. The molecule has 0 aliphatic carbocycles. The molecule has 0 bridgehead atoms. The zero-order valence-electron chi connectivity index (χ0n) is 24.2. The van der Waals surface area contributed by atoms with Crippen LogP contribution in [0.5, 0.6) is 0 Å². The highest BCUT2D eigenvalue weighted by Gasteiger charge is 2.32. The third kappa shape index (κ3) is 8.71. The van der Waals surface area contributed by atoms with Crippen LogP contribution in [0.4, 0.5) is 4.39 Å². The zero-order chi connectivity index (χ0) is 31.0. The first-order valence-electron chi connectivity index (χ1n) is 14.4. The zero-order valence-corrected chi connectivity index (χ0v) is 25.0. The van der Waals surface area contributed by atoms with E-state index >= 15 is 0 Å². The highest BCUT2D eigenvalue weighted by Crippen LogP contribution is 2.26. The molecule has 228 valence electrons. The van der Waals surface area contributed by atoms with Crippen LogP contribution in [0.2, 0.25) is 0 Å². The molecule has 3 aromatic rings. The number of rotatable bonds is 12. The highest BCUT2D eigenvalue weighted by molar-refractivity contribution is 7.89. The van der Waals surface area contributed by atoms with Gasteiger partial charge in [-0.2, -0.15) is 4.72 Å². The van der Waals surface area contributed by atoms with Gasteiger partial charge in [0.15, 0.2) is 0 Å². The second-order valence-corrected chi connectivity index (χ2v) is 12.6. The Morgan fingerprint density at radius 1 is 1.02 bits per heavy atom. The van der Waals surface area contributed by atoms with Crippen molar-refractivity contribution in [2.45, 2.75) is 49.5 Å². The van der Waals surface area contributed by atoms with Gasteiger partial charge in [-0.15, -0.1) is 0 Å². The van der Waals surface area contributed by atoms with Gasteiger partial charge in [0, 0.05) is 32.1 Å². The summed E-state index contributed by atoms with van der Waals surface area (Å²) in [6.45, 7) is 0.981. The van der Waals surface area contributed by atoms with E-state index in [1.54, 1.807) is 60.5 Å². The van der Waals surface area contributed by atoms with Crippen LogP contribution in [-0.4, -0.2) is 57.1 Å². The van der Waals surface area contributed by atoms with Crippen molar-refractivity contribution >= 4 is 27.7 Å². The summed E-state index contributed by atoms with van der Waals surface area (Å²) in [6, 6.07) is 17.8. The largest absolute Gasteiger partial charge is 0.384 e. The number of nitrogens with two attached hydrogens (primary N) is 1. The van der Waals surface area contributed by atoms with Crippen molar-refractivity contribution in [1.82, 2.24) is 14.9 Å². The number of piperidine rings is 1. The molecular formula is C32H38FN5O4S. The van der Waals surface area contributed by atoms with Gasteiger partial charge in [-0.1, -0.05) is 42.5 Å². The summed E-state index contributed by atoms with van der Waals surface area (Å²) in [6.07, 6.45) is 3.75. The van der Waals surface area contributed by atoms with Gasteiger partial charge in [0.1, 0.15) is 17.7 Å². The average Bonchev–Trinajstić information content (AvgIpc) is 3.00. The predicted molar refractivity (Wildman–Crippen MR) is 164 cm³/mol. The summed E-state index contributed by atoms with van der Waals surface area (Å²) in [5.41, 5.74) is 7.86. The van der Waals surface area contributed by atoms with Crippen LogP contribution in [0.1, 0.15) is 43.2 Å². The molecule has 1 atom stereocenters. The molecule has 0 spiro atoms. The van der Waals surface area contributed by atoms with Crippen molar-refractivity contribution < 1.29 is 22.4 Å². The van der Waals surface area contributed by atoms with E-state index in [2.05, 4.69) is 10.0 Å². The minimum absolute atomic E-state index is 0.0121. The quantitative estimate of drug-likeness (QED) is 0.183. The van der Waals surface area contributed by atoms with E-state index in [9.17, 15) is 22.4 Å². The van der Waals surface area contributed by atoms with E-state index in [1.807, 2.05) is 0 Å². The van der Waals surface area contributed by atoms with Crippen molar-refractivity contribution in [2.24, 2.45) is 11.7 Å². The number of benzene rings is 3. The fourth-order valence-corrected chi connectivity index (χ4v) is 6.62. The topological polar surface area (TPSA) is 145 Å². The normalized spacial score (nSPS) is 14.7. The Bertz CT molecular complexity index is 1570. The highest BCUT2D eigenvalue weighted by atomic mass is 32.2. The Kier molecular flexibility index (Phi) is 10.7. The van der Waals surface area contributed by atoms with Crippen molar-refractivity contribution in [1.29, 1.82) is 5.41 Å². The second kappa shape index (κ2) is 14.4. The van der Waals surface area contributed by atoms with Crippen molar-refractivity contribution in [3.8, 4) is 11.1 Å². The molecule has 1 heterocycles. The Balaban J connectivity index is 1.53. The van der Waals surface area contributed by atoms with Crippen LogP contribution in [-0.2, 0) is 26.0 Å². The number of carbonyl (C=O) groups excluding carboxylic acids is 2. The smallest absolute Gasteiger partial charge is 0.241 e. The Morgan fingerprint density at radius 3 is 2.37 bits per heavy atom. The predicted octanol–water partition coefficient (Wildman–Crippen LogP) is 3.82. The number of hydrogen-bond acceptors (Lipinski definition) is 5. The number of nitrogen functional groups attached to an aromatic ring is 1. The average molecular weight is 608 g/mol. The van der Waals surface area contributed by atoms with Crippen LogP contribution >= 0.6 is 0 Å². The van der Waals surface area contributed by atoms with Crippen molar-refractivity contribution in [2.75, 3.05) is 20.1 Å². The summed E-state index contributed by atoms with van der Waals surface area (Å²) in [5, 5.41) is 10.4. The lowest BCUT2D eigenvalue weighted by Crippen LogP contribution is -2.51. The summed E-state index contributed by atoms with van der Waals surface area (Å²) < 4.78 is 43.8. The number of likely N-dealkylation sites (tertiary alicyclic amines) is 1. The molecular weight excluding hydrogens is 569 g/mol. The van der Waals surface area contributed by atoms with Gasteiger partial charge in [-0.05, 0) is 85.0 Å². The molecule has 1 aliphatic rings. The summed E-state index contributed by atoms with van der Waals surface area (Å²) in [4.78, 5) is 27.0. The van der Waals surface area contributed by atoms with Gasteiger partial charge in [0.2, 0.25) is 21.8 Å². The third-order valence-electron chi connectivity index (χ3n) is 7.80. The maximum absolute atomic E-state index is 13.8. The first-order chi connectivity index (χ1) is 20.6. The number of nitrogens with one attached hydrogen (secondary N) is 3. The Hall–Kier alpha value is -4.09. The van der Waals surface area contributed by atoms with E-state index in [0.29, 0.717) is 47.7 Å². The fourth-order valence-electron chi connectivity index (χ4n) is 5.39. The molecule has 11 heteroatoms. The van der Waals surface area contributed by atoms with E-state index in [4.69, 9.17) is 11.1 Å². The SMILES string of the molecule is CNC(=O)CCCC1CCN(C(=O)[C@@H](Cc2cccc(C(=N)N)c2)NS(=O)(=O)c2cccc(-c3cccc(F)c3)c2)CC1. The maximum atomic E-state index is 13.8. The summed E-state index contributed by atoms with van der Waals surface area (Å²) in [5.74, 6) is -0.489. The van der Waals surface area contributed by atoms with Gasteiger partial charge in [0.05, 0.1) is 4.90 Å². The summed E-state index contributed by atoms with van der Waals surface area (Å²) in [7, 11) is -2.54. The number of amides is 2. The lowest BCUT2D eigenvalue weighted by atomic mass is 9.91. The molecule has 9 nitrogen and oxygen atoms in total. The number of halogens is 1. The van der Waals surface area contributed by atoms with E-state index < -0.39 is 21.9 Å². The number of hydrogen-bond donors (Lipinski definition) is 4. The molecule has 2 amide bonds. The van der Waals surface area contributed by atoms with Crippen LogP contribution < -0.4 is 15.8 Å². The van der Waals surface area contributed by atoms with Crippen molar-refractivity contribution in [3.63, 3.8) is 0 Å². The van der Waals surface area contributed by atoms with E-state index in [-0.39, 0.29) is 29.0 Å². The molecule has 4 rings (SSSR count). The van der Waals surface area contributed by atoms with Crippen molar-refractivity contribution in [3.05, 3.63) is 89.7 Å². The lowest BCUT2D eigenvalue weighted by molar-refractivity contribution is -0.134. The minimum atomic E-state index is -4.16. The van der Waals surface area contributed by atoms with Crippen LogP contribution in [0, 0.1) is 17.1 Å². The van der Waals surface area contributed by atoms with Gasteiger partial charge < -0.3 is 16.0 Å². The minimum Gasteiger partial charge on any atom is -0.384 e. The lowest BCUT2D eigenvalue weighted by Gasteiger charge is -2.34. The van der Waals surface area contributed by atoms with E-state index in [1.165, 1.54) is 24.3 Å². The van der Waals surface area contributed by atoms with Crippen LogP contribution in [0.25, 0.3) is 11.1 Å². The Morgan fingerprint density at radius 2 is 1.70 bits per heavy atom. The molecule has 0 aromatic heterocycles. The third-order valence-corrected chi connectivity index (χ3v) is 9.27. The second-order valence-electron chi connectivity index (χ2n) is 10.9. The first kappa shape index (κ1) is 31.8. The molecule has 0 saturated carbocycles. The molecule has 1 fully saturated rings. The van der Waals surface area contributed by atoms with E-state index in [0.717, 1.165) is 25.7 Å². The van der Waals surface area contributed by atoms with Gasteiger partial charge in [-0.25, -0.2) is 12.8 Å². The van der Waals surface area contributed by atoms with Crippen LogP contribution in [0.3, 0.4) is 0 Å². The molecule has 3 aromatic carbocycles. The summed E-state index contributed by atoms with van der Waals surface area (Å²) >= 11 is 0. The number of amidine groups is 1. The van der Waals surface area contributed by atoms with Gasteiger partial charge in [-0.3, -0.25) is 15.0 Å². The standard InChI is InChI=1S/C32H38FN5O4S/c1-36-30(39)13-3-6-22-14-16-38(17-15-22)32(40)29(19-23-7-2-10-26(18-23)31(34)35)37-43(41,42)28-12-5-9-25(21-28)24-8-4-11-27(33)20-24/h2,4-5,7-12,18,20-22,29,37H,3,6,13-17,19H2,1H3,(H3,34,35)(H,36,39)/t29-/m1/s1. The monoisotopic (exact) mass is 607 g/mol. The number of nitrogens with zero attached hydrogens (tertiary/aromatic N) is 1. The molecule has 0 unspecified atom stereocenters. The maximum Gasteiger partial charge on any atom is 0.241 e. The molecule has 43 heavy (non-hydrogen) atoms. The van der Waals surface area contributed by atoms with Crippen LogP contribution in [0.15, 0.2) is 77.7 Å². The Labute approximate surface area is 252 Å². The fraction of sp³-hybridized carbons (Fsp3) is 0.344. The van der Waals surface area contributed by atoms with Gasteiger partial charge in [0.25, 0.3) is 0 Å². The van der Waals surface area contributed by atoms with Gasteiger partial charge >= 0.3 is 0 Å².